The number of halogens is 1. The van der Waals surface area contributed by atoms with Gasteiger partial charge in [-0.1, -0.05) is 12.1 Å². The van der Waals surface area contributed by atoms with E-state index in [1.807, 2.05) is 0 Å². The zero-order chi connectivity index (χ0) is 15.9. The number of amides is 1. The average Bonchev–Trinajstić information content (AvgIpc) is 3.04. The van der Waals surface area contributed by atoms with Crippen molar-refractivity contribution in [3.8, 4) is 11.3 Å². The quantitative estimate of drug-likeness (QED) is 0.862. The number of nitrogens with two attached hydrogens (primary N) is 1. The summed E-state index contributed by atoms with van der Waals surface area (Å²) in [6, 6.07) is 7.47. The number of anilines is 1. The van der Waals surface area contributed by atoms with E-state index in [4.69, 9.17) is 5.14 Å². The Balaban J connectivity index is 1.87. The first-order chi connectivity index (χ1) is 10.3. The Morgan fingerprint density at radius 3 is 2.77 bits per heavy atom. The molecule has 0 spiro atoms. The molecule has 116 valence electrons. The molecule has 0 saturated carbocycles. The molecular formula is C13H13FN4O3S. The molecule has 1 aromatic heterocycles. The normalized spacial score (nSPS) is 18.9. The van der Waals surface area contributed by atoms with Crippen LogP contribution in [0.3, 0.4) is 0 Å². The number of primary sulfonamides is 1. The average molecular weight is 324 g/mol. The second-order valence-corrected chi connectivity index (χ2v) is 6.91. The van der Waals surface area contributed by atoms with Gasteiger partial charge in [-0.25, -0.2) is 17.9 Å². The Bertz CT molecular complexity index is 833. The van der Waals surface area contributed by atoms with Gasteiger partial charge >= 0.3 is 0 Å². The van der Waals surface area contributed by atoms with Crippen LogP contribution in [-0.4, -0.2) is 36.3 Å². The number of H-pyrrole nitrogens is 1. The van der Waals surface area contributed by atoms with Gasteiger partial charge in [0, 0.05) is 24.6 Å². The molecule has 0 bridgehead atoms. The lowest BCUT2D eigenvalue weighted by Gasteiger charge is -2.12. The highest BCUT2D eigenvalue weighted by Gasteiger charge is 2.38. The lowest BCUT2D eigenvalue weighted by Crippen LogP contribution is -2.32. The standard InChI is InChI=1S/C13H13FN4O3S/c14-9-3-1-2-8(4-9)11-6-12(17-16-11)18-7-10(5-13(18)19)22(15,20)21/h1-4,6,10H,5,7H2,(H,16,17)(H2,15,20,21). The van der Waals surface area contributed by atoms with Crippen LogP contribution in [-0.2, 0) is 14.8 Å². The monoisotopic (exact) mass is 324 g/mol. The summed E-state index contributed by atoms with van der Waals surface area (Å²) in [5.74, 6) is -0.466. The van der Waals surface area contributed by atoms with Gasteiger partial charge in [-0.2, -0.15) is 5.10 Å². The molecule has 3 rings (SSSR count). The number of aromatic nitrogens is 2. The van der Waals surface area contributed by atoms with E-state index in [1.165, 1.54) is 17.0 Å². The predicted octanol–water partition coefficient (Wildman–Crippen LogP) is 0.610. The molecule has 1 unspecified atom stereocenters. The first-order valence-electron chi connectivity index (χ1n) is 6.48. The maximum Gasteiger partial charge on any atom is 0.229 e. The van der Waals surface area contributed by atoms with E-state index in [0.29, 0.717) is 11.3 Å². The van der Waals surface area contributed by atoms with Crippen molar-refractivity contribution in [1.82, 2.24) is 10.2 Å². The molecule has 1 aliphatic heterocycles. The van der Waals surface area contributed by atoms with E-state index in [0.717, 1.165) is 0 Å². The fraction of sp³-hybridized carbons (Fsp3) is 0.231. The fourth-order valence-corrected chi connectivity index (χ4v) is 3.10. The molecule has 9 heteroatoms. The molecule has 3 N–H and O–H groups in total. The first-order valence-corrected chi connectivity index (χ1v) is 8.09. The number of benzene rings is 1. The minimum absolute atomic E-state index is 0.0366. The minimum Gasteiger partial charge on any atom is -0.294 e. The van der Waals surface area contributed by atoms with Crippen molar-refractivity contribution in [3.05, 3.63) is 36.1 Å². The van der Waals surface area contributed by atoms with Crippen molar-refractivity contribution in [1.29, 1.82) is 0 Å². The summed E-state index contributed by atoms with van der Waals surface area (Å²) in [6.07, 6.45) is -0.166. The van der Waals surface area contributed by atoms with Gasteiger partial charge in [0.1, 0.15) is 11.1 Å². The smallest absolute Gasteiger partial charge is 0.229 e. The summed E-state index contributed by atoms with van der Waals surface area (Å²) < 4.78 is 35.9. The minimum atomic E-state index is -3.78. The van der Waals surface area contributed by atoms with E-state index in [1.54, 1.807) is 18.2 Å². The largest absolute Gasteiger partial charge is 0.294 e. The number of carbonyl (C=O) groups is 1. The van der Waals surface area contributed by atoms with E-state index < -0.39 is 15.3 Å². The van der Waals surface area contributed by atoms with Gasteiger partial charge in [-0.15, -0.1) is 0 Å². The highest BCUT2D eigenvalue weighted by molar-refractivity contribution is 7.89. The summed E-state index contributed by atoms with van der Waals surface area (Å²) in [7, 11) is -3.78. The molecule has 1 aliphatic rings. The summed E-state index contributed by atoms with van der Waals surface area (Å²) in [6.45, 7) is -0.0366. The van der Waals surface area contributed by atoms with Crippen LogP contribution in [0, 0.1) is 5.82 Å². The van der Waals surface area contributed by atoms with Crippen LogP contribution in [0.1, 0.15) is 6.42 Å². The molecule has 1 fully saturated rings. The third-order valence-corrected chi connectivity index (χ3v) is 4.78. The number of rotatable bonds is 3. The summed E-state index contributed by atoms with van der Waals surface area (Å²) >= 11 is 0. The third-order valence-electron chi connectivity index (χ3n) is 3.53. The fourth-order valence-electron chi connectivity index (χ4n) is 2.37. The van der Waals surface area contributed by atoms with Gasteiger partial charge in [-0.3, -0.25) is 14.8 Å². The van der Waals surface area contributed by atoms with Crippen molar-refractivity contribution in [2.75, 3.05) is 11.4 Å². The van der Waals surface area contributed by atoms with Crippen molar-refractivity contribution < 1.29 is 17.6 Å². The zero-order valence-corrected chi connectivity index (χ0v) is 12.2. The molecule has 2 aromatic rings. The second-order valence-electron chi connectivity index (χ2n) is 5.07. The highest BCUT2D eigenvalue weighted by atomic mass is 32.2. The SMILES string of the molecule is NS(=O)(=O)C1CC(=O)N(c2cc(-c3cccc(F)c3)[nH]n2)C1. The van der Waals surface area contributed by atoms with Gasteiger partial charge in [0.25, 0.3) is 0 Å². The van der Waals surface area contributed by atoms with E-state index in [-0.39, 0.29) is 30.5 Å². The number of hydrogen-bond donors (Lipinski definition) is 2. The van der Waals surface area contributed by atoms with Crippen molar-refractivity contribution in [3.63, 3.8) is 0 Å². The summed E-state index contributed by atoms with van der Waals surface area (Å²) in [5, 5.41) is 10.8. The van der Waals surface area contributed by atoms with Crippen molar-refractivity contribution in [2.45, 2.75) is 11.7 Å². The van der Waals surface area contributed by atoms with Gasteiger partial charge < -0.3 is 0 Å². The highest BCUT2D eigenvalue weighted by Crippen LogP contribution is 2.26. The lowest BCUT2D eigenvalue weighted by molar-refractivity contribution is -0.117. The van der Waals surface area contributed by atoms with Crippen molar-refractivity contribution >= 4 is 21.7 Å². The molecule has 1 aromatic carbocycles. The lowest BCUT2D eigenvalue weighted by atomic mass is 10.1. The maximum atomic E-state index is 13.2. The molecule has 1 amide bonds. The zero-order valence-electron chi connectivity index (χ0n) is 11.4. The Hall–Kier alpha value is -2.26. The Morgan fingerprint density at radius 1 is 1.36 bits per heavy atom. The van der Waals surface area contributed by atoms with Gasteiger partial charge in [0.05, 0.1) is 5.69 Å². The van der Waals surface area contributed by atoms with Crippen molar-refractivity contribution in [2.24, 2.45) is 5.14 Å². The van der Waals surface area contributed by atoms with Crippen LogP contribution in [0.25, 0.3) is 11.3 Å². The number of sulfonamides is 1. The number of carbonyl (C=O) groups excluding carboxylic acids is 1. The van der Waals surface area contributed by atoms with Crippen LogP contribution in [0.5, 0.6) is 0 Å². The Labute approximate surface area is 126 Å². The number of nitrogens with zero attached hydrogens (tertiary/aromatic N) is 2. The van der Waals surface area contributed by atoms with E-state index in [2.05, 4.69) is 10.2 Å². The number of hydrogen-bond acceptors (Lipinski definition) is 4. The Kier molecular flexibility index (Phi) is 3.45. The number of nitrogens with one attached hydrogen (secondary N) is 1. The van der Waals surface area contributed by atoms with E-state index >= 15 is 0 Å². The molecule has 2 heterocycles. The third kappa shape index (κ3) is 2.72. The molecular weight excluding hydrogens is 311 g/mol. The predicted molar refractivity (Wildman–Crippen MR) is 77.8 cm³/mol. The second kappa shape index (κ2) is 5.18. The first kappa shape index (κ1) is 14.7. The van der Waals surface area contributed by atoms with Crippen LogP contribution in [0.15, 0.2) is 30.3 Å². The molecule has 0 radical (unpaired) electrons. The van der Waals surface area contributed by atoms with E-state index in [9.17, 15) is 17.6 Å². The number of aromatic amines is 1. The molecule has 1 atom stereocenters. The topological polar surface area (TPSA) is 109 Å². The molecule has 22 heavy (non-hydrogen) atoms. The van der Waals surface area contributed by atoms with Crippen LogP contribution in [0.4, 0.5) is 10.2 Å². The molecule has 1 saturated heterocycles. The van der Waals surface area contributed by atoms with Crippen LogP contribution >= 0.6 is 0 Å². The van der Waals surface area contributed by atoms with Crippen LogP contribution in [0.2, 0.25) is 0 Å². The molecule has 7 nitrogen and oxygen atoms in total. The van der Waals surface area contributed by atoms with Gasteiger partial charge in [0.2, 0.25) is 15.9 Å². The van der Waals surface area contributed by atoms with Gasteiger partial charge in [-0.05, 0) is 12.1 Å². The maximum absolute atomic E-state index is 13.2. The van der Waals surface area contributed by atoms with Crippen LogP contribution < -0.4 is 10.0 Å². The summed E-state index contributed by atoms with van der Waals surface area (Å²) in [4.78, 5) is 13.2. The Morgan fingerprint density at radius 2 is 2.14 bits per heavy atom. The molecule has 0 aliphatic carbocycles. The van der Waals surface area contributed by atoms with Gasteiger partial charge in [0.15, 0.2) is 5.82 Å². The summed E-state index contributed by atoms with van der Waals surface area (Å²) in [5.41, 5.74) is 1.11.